The van der Waals surface area contributed by atoms with Gasteiger partial charge in [-0.3, -0.25) is 14.9 Å². The Morgan fingerprint density at radius 3 is 2.27 bits per heavy atom. The zero-order valence-corrected chi connectivity index (χ0v) is 19.5. The van der Waals surface area contributed by atoms with Crippen molar-refractivity contribution in [2.75, 3.05) is 11.5 Å². The minimum absolute atomic E-state index is 0.108. The molecule has 1 heterocycles. The quantitative estimate of drug-likeness (QED) is 0.374. The number of barbiturate groups is 1. The smallest absolute Gasteiger partial charge is 0.335 e. The van der Waals surface area contributed by atoms with E-state index in [2.05, 4.69) is 21.2 Å². The average molecular weight is 505 g/mol. The molecule has 0 bridgehead atoms. The molecule has 0 unspecified atom stereocenters. The molecule has 0 aromatic heterocycles. The lowest BCUT2D eigenvalue weighted by molar-refractivity contribution is -0.122. The van der Waals surface area contributed by atoms with Crippen molar-refractivity contribution in [3.63, 3.8) is 0 Å². The highest BCUT2D eigenvalue weighted by molar-refractivity contribution is 9.10. The third kappa shape index (κ3) is 4.88. The van der Waals surface area contributed by atoms with Gasteiger partial charge in [0.2, 0.25) is 0 Å². The molecule has 0 radical (unpaired) electrons. The number of imide groups is 2. The first kappa shape index (κ1) is 22.5. The van der Waals surface area contributed by atoms with Crippen LogP contribution in [0.15, 0.2) is 82.8 Å². The molecule has 166 valence electrons. The molecule has 1 aliphatic rings. The molecule has 1 N–H and O–H groups in total. The highest BCUT2D eigenvalue weighted by atomic mass is 79.9. The lowest BCUT2D eigenvalue weighted by Gasteiger charge is -2.26. The van der Waals surface area contributed by atoms with E-state index in [4.69, 9.17) is 4.74 Å². The predicted molar refractivity (Wildman–Crippen MR) is 130 cm³/mol. The molecular weight excluding hydrogens is 484 g/mol. The van der Waals surface area contributed by atoms with Gasteiger partial charge >= 0.3 is 6.03 Å². The molecule has 6 nitrogen and oxygen atoms in total. The van der Waals surface area contributed by atoms with Crippen LogP contribution in [0.3, 0.4) is 0 Å². The molecular formula is C26H21BrN2O4. The van der Waals surface area contributed by atoms with Crippen LogP contribution in [0.5, 0.6) is 5.75 Å². The van der Waals surface area contributed by atoms with Gasteiger partial charge in [0.05, 0.1) is 12.3 Å². The molecule has 0 atom stereocenters. The zero-order chi connectivity index (χ0) is 23.4. The van der Waals surface area contributed by atoms with Crippen LogP contribution < -0.4 is 15.0 Å². The number of carbonyl (C=O) groups is 3. The fourth-order valence-electron chi connectivity index (χ4n) is 3.59. The van der Waals surface area contributed by atoms with Gasteiger partial charge < -0.3 is 4.74 Å². The third-order valence-electron chi connectivity index (χ3n) is 5.20. The average Bonchev–Trinajstić information content (AvgIpc) is 2.80. The number of carbonyl (C=O) groups excluding carboxylic acids is 3. The van der Waals surface area contributed by atoms with E-state index in [1.807, 2.05) is 55.5 Å². The number of anilines is 1. The topological polar surface area (TPSA) is 75.7 Å². The molecule has 7 heteroatoms. The van der Waals surface area contributed by atoms with Crippen LogP contribution in [0.4, 0.5) is 10.5 Å². The second-order valence-electron chi connectivity index (χ2n) is 7.35. The van der Waals surface area contributed by atoms with Gasteiger partial charge in [0, 0.05) is 4.47 Å². The van der Waals surface area contributed by atoms with Gasteiger partial charge in [-0.15, -0.1) is 0 Å². The molecule has 3 aromatic rings. The molecule has 33 heavy (non-hydrogen) atoms. The van der Waals surface area contributed by atoms with Crippen molar-refractivity contribution in [1.29, 1.82) is 0 Å². The van der Waals surface area contributed by atoms with Crippen LogP contribution in [0.2, 0.25) is 0 Å². The zero-order valence-electron chi connectivity index (χ0n) is 17.9. The first-order chi connectivity index (χ1) is 16.0. The summed E-state index contributed by atoms with van der Waals surface area (Å²) in [5.74, 6) is -0.773. The predicted octanol–water partition coefficient (Wildman–Crippen LogP) is 5.11. The van der Waals surface area contributed by atoms with Crippen molar-refractivity contribution in [3.8, 4) is 5.75 Å². The summed E-state index contributed by atoms with van der Waals surface area (Å²) in [6.45, 7) is 2.37. The van der Waals surface area contributed by atoms with Crippen LogP contribution >= 0.6 is 15.9 Å². The first-order valence-corrected chi connectivity index (χ1v) is 11.2. The van der Waals surface area contributed by atoms with E-state index >= 15 is 0 Å². The van der Waals surface area contributed by atoms with Gasteiger partial charge in [0.15, 0.2) is 0 Å². The minimum Gasteiger partial charge on any atom is -0.494 e. The molecule has 0 aliphatic carbocycles. The van der Waals surface area contributed by atoms with Gasteiger partial charge in [-0.05, 0) is 66.4 Å². The van der Waals surface area contributed by atoms with E-state index in [0.29, 0.717) is 24.5 Å². The summed E-state index contributed by atoms with van der Waals surface area (Å²) < 4.78 is 6.39. The summed E-state index contributed by atoms with van der Waals surface area (Å²) >= 11 is 3.56. The van der Waals surface area contributed by atoms with Gasteiger partial charge in [0.25, 0.3) is 11.8 Å². The van der Waals surface area contributed by atoms with Crippen molar-refractivity contribution in [2.24, 2.45) is 0 Å². The lowest BCUT2D eigenvalue weighted by atomic mass is 9.97. The van der Waals surface area contributed by atoms with E-state index in [0.717, 1.165) is 26.1 Å². The summed E-state index contributed by atoms with van der Waals surface area (Å²) in [5.41, 5.74) is 2.99. The lowest BCUT2D eigenvalue weighted by Crippen LogP contribution is -2.54. The van der Waals surface area contributed by atoms with E-state index in [9.17, 15) is 14.4 Å². The van der Waals surface area contributed by atoms with Crippen molar-refractivity contribution in [2.45, 2.75) is 13.3 Å². The van der Waals surface area contributed by atoms with Crippen LogP contribution in [0.1, 0.15) is 23.6 Å². The fraction of sp³-hybridized carbons (Fsp3) is 0.115. The van der Waals surface area contributed by atoms with Crippen LogP contribution in [0.25, 0.3) is 6.08 Å². The Balaban J connectivity index is 1.68. The molecule has 0 saturated carbocycles. The normalized spacial score (nSPS) is 15.0. The summed E-state index contributed by atoms with van der Waals surface area (Å²) in [6.07, 6.45) is 2.15. The highest BCUT2D eigenvalue weighted by Crippen LogP contribution is 2.26. The third-order valence-corrected chi connectivity index (χ3v) is 5.97. The maximum Gasteiger partial charge on any atom is 0.335 e. The Hall–Kier alpha value is -3.71. The maximum atomic E-state index is 13.2. The molecule has 4 amide bonds. The van der Waals surface area contributed by atoms with Crippen LogP contribution in [-0.2, 0) is 16.0 Å². The molecule has 1 fully saturated rings. The summed E-state index contributed by atoms with van der Waals surface area (Å²) in [7, 11) is 0. The van der Waals surface area contributed by atoms with E-state index in [1.165, 1.54) is 6.08 Å². The van der Waals surface area contributed by atoms with Crippen LogP contribution in [-0.4, -0.2) is 24.5 Å². The Morgan fingerprint density at radius 1 is 0.909 bits per heavy atom. The second-order valence-corrected chi connectivity index (χ2v) is 8.21. The number of benzene rings is 3. The monoisotopic (exact) mass is 504 g/mol. The number of urea groups is 1. The number of halogens is 1. The number of hydrogen-bond donors (Lipinski definition) is 1. The molecule has 4 rings (SSSR count). The fourth-order valence-corrected chi connectivity index (χ4v) is 4.01. The van der Waals surface area contributed by atoms with E-state index in [-0.39, 0.29) is 5.57 Å². The van der Waals surface area contributed by atoms with Gasteiger partial charge in [-0.2, -0.15) is 0 Å². The SMILES string of the molecule is CCOc1ccc(N2C(=O)NC(=O)/C(=C\c3ccccc3Cc3ccccc3Br)C2=O)cc1. The summed E-state index contributed by atoms with van der Waals surface area (Å²) in [4.78, 5) is 39.2. The first-order valence-electron chi connectivity index (χ1n) is 10.4. The largest absolute Gasteiger partial charge is 0.494 e. The van der Waals surface area contributed by atoms with Gasteiger partial charge in [-0.25, -0.2) is 9.69 Å². The standard InChI is InChI=1S/C26H21BrN2O4/c1-2-33-21-13-11-20(12-14-21)29-25(31)22(24(30)28-26(29)32)16-18-8-4-3-7-17(18)15-19-9-5-6-10-23(19)27/h3-14,16H,2,15H2,1H3,(H,28,30,32)/b22-16+. The number of rotatable bonds is 6. The highest BCUT2D eigenvalue weighted by Gasteiger charge is 2.36. The number of nitrogens with zero attached hydrogens (tertiary/aromatic N) is 1. The Morgan fingerprint density at radius 2 is 1.58 bits per heavy atom. The number of ether oxygens (including phenoxy) is 1. The molecule has 1 aliphatic heterocycles. The van der Waals surface area contributed by atoms with Crippen molar-refractivity contribution in [1.82, 2.24) is 5.32 Å². The van der Waals surface area contributed by atoms with E-state index < -0.39 is 17.8 Å². The second kappa shape index (κ2) is 9.83. The van der Waals surface area contributed by atoms with Crippen molar-refractivity contribution >= 4 is 45.5 Å². The molecule has 1 saturated heterocycles. The maximum absolute atomic E-state index is 13.2. The van der Waals surface area contributed by atoms with Gasteiger partial charge in [0.1, 0.15) is 11.3 Å². The molecule has 3 aromatic carbocycles. The number of amides is 4. The summed E-state index contributed by atoms with van der Waals surface area (Å²) in [6, 6.07) is 21.2. The van der Waals surface area contributed by atoms with Crippen molar-refractivity contribution < 1.29 is 19.1 Å². The minimum atomic E-state index is -0.784. The Kier molecular flexibility index (Phi) is 6.70. The van der Waals surface area contributed by atoms with Gasteiger partial charge in [-0.1, -0.05) is 58.4 Å². The van der Waals surface area contributed by atoms with E-state index in [1.54, 1.807) is 24.3 Å². The Bertz CT molecular complexity index is 1250. The number of hydrogen-bond acceptors (Lipinski definition) is 4. The van der Waals surface area contributed by atoms with Crippen molar-refractivity contribution in [3.05, 3.63) is 99.5 Å². The number of nitrogens with one attached hydrogen (secondary N) is 1. The molecule has 0 spiro atoms. The Labute approximate surface area is 200 Å². The van der Waals surface area contributed by atoms with Crippen LogP contribution in [0, 0.1) is 0 Å². The summed E-state index contributed by atoms with van der Waals surface area (Å²) in [5, 5.41) is 2.27.